The molecule has 10 nitrogen and oxygen atoms in total. The largest absolute Gasteiger partial charge is 0.495 e. The number of ether oxygens (including phenoxy) is 2. The number of thiophene rings is 1. The number of carbonyl (C=O) groups excluding carboxylic acids is 2. The highest BCUT2D eigenvalue weighted by molar-refractivity contribution is 7.16. The molecule has 0 bridgehead atoms. The van der Waals surface area contributed by atoms with Gasteiger partial charge in [0.1, 0.15) is 10.8 Å². The van der Waals surface area contributed by atoms with Crippen LogP contribution in [0, 0.1) is 19.8 Å². The summed E-state index contributed by atoms with van der Waals surface area (Å²) in [6.07, 6.45) is 1.75. The highest BCUT2D eigenvalue weighted by Gasteiger charge is 2.31. The number of methoxy groups -OCH3 is 1. The van der Waals surface area contributed by atoms with Crippen LogP contribution in [0.1, 0.15) is 39.5 Å². The second kappa shape index (κ2) is 9.41. The van der Waals surface area contributed by atoms with Crippen LogP contribution in [0.3, 0.4) is 0 Å². The maximum Gasteiger partial charge on any atom is 0.341 e. The number of aromatic nitrogens is 3. The number of carbonyl (C=O) groups is 2. The first kappa shape index (κ1) is 22.5. The highest BCUT2D eigenvalue weighted by atomic mass is 32.1. The van der Waals surface area contributed by atoms with Gasteiger partial charge in [-0.05, 0) is 44.4 Å². The molecule has 1 aliphatic rings. The molecule has 0 radical (unpaired) electrons. The second-order valence-corrected chi connectivity index (χ2v) is 8.81. The van der Waals surface area contributed by atoms with E-state index >= 15 is 0 Å². The minimum absolute atomic E-state index is 0.0200. The van der Waals surface area contributed by atoms with Gasteiger partial charge in [-0.3, -0.25) is 4.79 Å². The van der Waals surface area contributed by atoms with Crippen LogP contribution in [0.5, 0.6) is 5.75 Å². The molecule has 0 unspecified atom stereocenters. The van der Waals surface area contributed by atoms with Gasteiger partial charge in [-0.25, -0.2) is 4.79 Å². The molecule has 4 rings (SSSR count). The summed E-state index contributed by atoms with van der Waals surface area (Å²) in [7, 11) is 1.56. The van der Waals surface area contributed by atoms with Crippen LogP contribution < -0.4 is 21.1 Å². The predicted molar refractivity (Wildman–Crippen MR) is 125 cm³/mol. The monoisotopic (exact) mass is 468 g/mol. The van der Waals surface area contributed by atoms with Crippen LogP contribution in [0.4, 0.5) is 22.6 Å². The fourth-order valence-corrected chi connectivity index (χ4v) is 4.20. The number of nitrogens with one attached hydrogen (secondary N) is 2. The number of amides is 1. The standard InChI is InChI=1S/C22H24N6O4S/c1-11-12(2)33-19(27-18(29)13-8-9-13)17(11)20(30)32-10-16-25-21(23)28-22(26-16)24-14-6-4-5-7-15(14)31-3/h4-7,13H,8-10H2,1-3H3,(H,27,29)(H3,23,24,25,26,28). The number of nitrogens with two attached hydrogens (primary N) is 1. The van der Waals surface area contributed by atoms with Gasteiger partial charge in [-0.1, -0.05) is 12.1 Å². The average Bonchev–Trinajstić information content (AvgIpc) is 3.59. The molecule has 0 saturated heterocycles. The Morgan fingerprint density at radius 3 is 2.67 bits per heavy atom. The van der Waals surface area contributed by atoms with Crippen LogP contribution in [0.2, 0.25) is 0 Å². The predicted octanol–water partition coefficient (Wildman–Crippen LogP) is 3.59. The van der Waals surface area contributed by atoms with E-state index in [1.54, 1.807) is 19.2 Å². The quantitative estimate of drug-likeness (QED) is 0.423. The Bertz CT molecular complexity index is 1210. The van der Waals surface area contributed by atoms with E-state index in [9.17, 15) is 9.59 Å². The van der Waals surface area contributed by atoms with Crippen LogP contribution in [0.25, 0.3) is 0 Å². The van der Waals surface area contributed by atoms with E-state index in [0.29, 0.717) is 22.0 Å². The van der Waals surface area contributed by atoms with Gasteiger partial charge in [0, 0.05) is 10.8 Å². The van der Waals surface area contributed by atoms with Crippen LogP contribution in [-0.4, -0.2) is 33.9 Å². The first-order valence-corrected chi connectivity index (χ1v) is 11.2. The van der Waals surface area contributed by atoms with Gasteiger partial charge in [-0.2, -0.15) is 15.0 Å². The SMILES string of the molecule is COc1ccccc1Nc1nc(N)nc(COC(=O)c2c(NC(=O)C3CC3)sc(C)c2C)n1. The van der Waals surface area contributed by atoms with Crippen molar-refractivity contribution >= 4 is 45.8 Å². The molecular formula is C22H24N6O4S. The lowest BCUT2D eigenvalue weighted by Crippen LogP contribution is -2.16. The van der Waals surface area contributed by atoms with E-state index in [0.717, 1.165) is 23.3 Å². The van der Waals surface area contributed by atoms with Gasteiger partial charge in [0.15, 0.2) is 12.4 Å². The summed E-state index contributed by atoms with van der Waals surface area (Å²) >= 11 is 1.36. The second-order valence-electron chi connectivity index (χ2n) is 7.59. The first-order valence-electron chi connectivity index (χ1n) is 10.3. The van der Waals surface area contributed by atoms with Crippen molar-refractivity contribution < 1.29 is 19.1 Å². The van der Waals surface area contributed by atoms with Crippen molar-refractivity contribution in [3.05, 3.63) is 46.1 Å². The lowest BCUT2D eigenvalue weighted by molar-refractivity contribution is -0.117. The van der Waals surface area contributed by atoms with Crippen LogP contribution in [-0.2, 0) is 16.1 Å². The Kier molecular flexibility index (Phi) is 6.40. The number of aryl methyl sites for hydroxylation is 1. The number of para-hydroxylation sites is 2. The number of benzene rings is 1. The van der Waals surface area contributed by atoms with E-state index in [4.69, 9.17) is 15.2 Å². The Morgan fingerprint density at radius 1 is 1.18 bits per heavy atom. The summed E-state index contributed by atoms with van der Waals surface area (Å²) in [5.74, 6) is 0.351. The van der Waals surface area contributed by atoms with Crippen molar-refractivity contribution in [3.8, 4) is 5.75 Å². The number of hydrogen-bond acceptors (Lipinski definition) is 10. The van der Waals surface area contributed by atoms with Gasteiger partial charge < -0.3 is 25.8 Å². The lowest BCUT2D eigenvalue weighted by atomic mass is 10.1. The number of rotatable bonds is 8. The summed E-state index contributed by atoms with van der Waals surface area (Å²) < 4.78 is 10.8. The fraction of sp³-hybridized carbons (Fsp3) is 0.318. The van der Waals surface area contributed by atoms with E-state index in [-0.39, 0.29) is 36.2 Å². The van der Waals surface area contributed by atoms with Crippen molar-refractivity contribution in [2.24, 2.45) is 5.92 Å². The minimum Gasteiger partial charge on any atom is -0.495 e. The van der Waals surface area contributed by atoms with E-state index < -0.39 is 5.97 Å². The fourth-order valence-electron chi connectivity index (χ4n) is 3.15. The minimum atomic E-state index is -0.568. The summed E-state index contributed by atoms with van der Waals surface area (Å²) in [6.45, 7) is 3.51. The van der Waals surface area contributed by atoms with Crippen molar-refractivity contribution in [2.75, 3.05) is 23.5 Å². The molecule has 1 saturated carbocycles. The Morgan fingerprint density at radius 2 is 1.94 bits per heavy atom. The van der Waals surface area contributed by atoms with Gasteiger partial charge in [0.2, 0.25) is 17.8 Å². The normalized spacial score (nSPS) is 12.8. The average molecular weight is 469 g/mol. The van der Waals surface area contributed by atoms with Gasteiger partial charge in [0.25, 0.3) is 0 Å². The molecule has 0 aliphatic heterocycles. The Hall–Kier alpha value is -3.73. The molecule has 0 spiro atoms. The molecule has 2 aromatic heterocycles. The summed E-state index contributed by atoms with van der Waals surface area (Å²) in [6, 6.07) is 7.27. The highest BCUT2D eigenvalue weighted by Crippen LogP contribution is 2.36. The first-order chi connectivity index (χ1) is 15.9. The summed E-state index contributed by atoms with van der Waals surface area (Å²) in [5, 5.41) is 6.40. The van der Waals surface area contributed by atoms with E-state index in [2.05, 4.69) is 25.6 Å². The number of hydrogen-bond donors (Lipinski definition) is 3. The lowest BCUT2D eigenvalue weighted by Gasteiger charge is -2.11. The third-order valence-electron chi connectivity index (χ3n) is 5.16. The molecule has 0 atom stereocenters. The molecule has 33 heavy (non-hydrogen) atoms. The zero-order valence-electron chi connectivity index (χ0n) is 18.5. The summed E-state index contributed by atoms with van der Waals surface area (Å²) in [5.41, 5.74) is 7.59. The maximum atomic E-state index is 12.9. The smallest absolute Gasteiger partial charge is 0.341 e. The number of nitrogens with zero attached hydrogens (tertiary/aromatic N) is 3. The molecule has 11 heteroatoms. The maximum absolute atomic E-state index is 12.9. The van der Waals surface area contributed by atoms with Gasteiger partial charge >= 0.3 is 5.97 Å². The van der Waals surface area contributed by atoms with Crippen LogP contribution >= 0.6 is 11.3 Å². The van der Waals surface area contributed by atoms with E-state index in [1.807, 2.05) is 26.0 Å². The molecule has 2 heterocycles. The van der Waals surface area contributed by atoms with Crippen molar-refractivity contribution in [1.82, 2.24) is 15.0 Å². The zero-order valence-corrected chi connectivity index (χ0v) is 19.3. The zero-order chi connectivity index (χ0) is 23.5. The molecule has 1 aliphatic carbocycles. The van der Waals surface area contributed by atoms with Gasteiger partial charge in [0.05, 0.1) is 18.4 Å². The molecule has 1 aromatic carbocycles. The van der Waals surface area contributed by atoms with Crippen molar-refractivity contribution in [3.63, 3.8) is 0 Å². The van der Waals surface area contributed by atoms with Crippen molar-refractivity contribution in [1.29, 1.82) is 0 Å². The third kappa shape index (κ3) is 5.20. The topological polar surface area (TPSA) is 141 Å². The molecule has 172 valence electrons. The third-order valence-corrected chi connectivity index (χ3v) is 6.28. The molecule has 1 amide bonds. The molecule has 4 N–H and O–H groups in total. The van der Waals surface area contributed by atoms with Gasteiger partial charge in [-0.15, -0.1) is 11.3 Å². The number of anilines is 4. The molecule has 3 aromatic rings. The Labute approximate surface area is 194 Å². The van der Waals surface area contributed by atoms with E-state index in [1.165, 1.54) is 11.3 Å². The van der Waals surface area contributed by atoms with Crippen LogP contribution in [0.15, 0.2) is 24.3 Å². The Balaban J connectivity index is 1.48. The molecular weight excluding hydrogens is 444 g/mol. The molecule has 1 fully saturated rings. The summed E-state index contributed by atoms with van der Waals surface area (Å²) in [4.78, 5) is 38.4. The number of nitrogen functional groups attached to an aromatic ring is 1. The number of esters is 1. The van der Waals surface area contributed by atoms with Crippen molar-refractivity contribution in [2.45, 2.75) is 33.3 Å².